The Morgan fingerprint density at radius 3 is 2.75 bits per heavy atom. The van der Waals surface area contributed by atoms with Crippen molar-refractivity contribution in [3.05, 3.63) is 50.9 Å². The van der Waals surface area contributed by atoms with E-state index in [0.29, 0.717) is 24.9 Å². The van der Waals surface area contributed by atoms with Crippen LogP contribution in [-0.4, -0.2) is 58.8 Å². The summed E-state index contributed by atoms with van der Waals surface area (Å²) >= 11 is 3.20. The van der Waals surface area contributed by atoms with Crippen LogP contribution in [0, 0.1) is 0 Å². The lowest BCUT2D eigenvalue weighted by Crippen LogP contribution is -2.35. The van der Waals surface area contributed by atoms with Crippen LogP contribution in [0.2, 0.25) is 0 Å². The normalized spacial score (nSPS) is 14.2. The molecule has 0 radical (unpaired) electrons. The highest BCUT2D eigenvalue weighted by atomic mass is 32.1. The van der Waals surface area contributed by atoms with Gasteiger partial charge in [-0.05, 0) is 30.0 Å². The van der Waals surface area contributed by atoms with E-state index in [0.717, 1.165) is 44.3 Å². The van der Waals surface area contributed by atoms with E-state index in [9.17, 15) is 9.59 Å². The summed E-state index contributed by atoms with van der Waals surface area (Å²) in [5.41, 5.74) is 3.83. The van der Waals surface area contributed by atoms with Crippen LogP contribution >= 0.6 is 22.7 Å². The molecule has 0 bridgehead atoms. The van der Waals surface area contributed by atoms with Crippen LogP contribution in [-0.2, 0) is 11.2 Å². The van der Waals surface area contributed by atoms with E-state index in [1.54, 1.807) is 47.9 Å². The van der Waals surface area contributed by atoms with E-state index in [1.807, 2.05) is 22.4 Å². The van der Waals surface area contributed by atoms with Crippen molar-refractivity contribution < 1.29 is 9.59 Å². The van der Waals surface area contributed by atoms with Gasteiger partial charge in [0.15, 0.2) is 0 Å². The van der Waals surface area contributed by atoms with Crippen LogP contribution in [0.25, 0.3) is 15.8 Å². The number of nitrogens with zero attached hydrogens (tertiary/aromatic N) is 4. The first kappa shape index (κ1) is 22.6. The van der Waals surface area contributed by atoms with Gasteiger partial charge in [0.25, 0.3) is 5.91 Å². The van der Waals surface area contributed by atoms with Gasteiger partial charge in [-0.25, -0.2) is 9.97 Å². The number of thiazole rings is 2. The van der Waals surface area contributed by atoms with Crippen molar-refractivity contribution in [2.45, 2.75) is 39.0 Å². The predicted molar refractivity (Wildman–Crippen MR) is 131 cm³/mol. The highest BCUT2D eigenvalue weighted by molar-refractivity contribution is 7.19. The molecule has 168 valence electrons. The Bertz CT molecular complexity index is 1160. The summed E-state index contributed by atoms with van der Waals surface area (Å²) in [7, 11) is 3.54. The number of carbonyl (C=O) groups excluding carboxylic acids is 2. The lowest BCUT2D eigenvalue weighted by Gasteiger charge is -2.26. The van der Waals surface area contributed by atoms with Crippen LogP contribution in [0.5, 0.6) is 0 Å². The van der Waals surface area contributed by atoms with E-state index in [-0.39, 0.29) is 17.7 Å². The molecular weight excluding hydrogens is 440 g/mol. The minimum Gasteiger partial charge on any atom is -0.345 e. The number of benzene rings is 1. The molecule has 0 atom stereocenters. The Morgan fingerprint density at radius 2 is 2.06 bits per heavy atom. The molecule has 0 spiro atoms. The molecule has 0 unspecified atom stereocenters. The highest BCUT2D eigenvalue weighted by Crippen LogP contribution is 2.35. The fourth-order valence-corrected chi connectivity index (χ4v) is 5.57. The molecule has 1 aliphatic heterocycles. The smallest absolute Gasteiger partial charge is 0.253 e. The Labute approximate surface area is 196 Å². The number of hydrogen-bond donors (Lipinski definition) is 0. The fourth-order valence-electron chi connectivity index (χ4n) is 3.87. The molecule has 0 aliphatic carbocycles. The molecule has 2 amide bonds. The van der Waals surface area contributed by atoms with Gasteiger partial charge in [-0.3, -0.25) is 9.59 Å². The summed E-state index contributed by atoms with van der Waals surface area (Å²) in [6.45, 7) is 5.57. The van der Waals surface area contributed by atoms with Crippen LogP contribution in [0.3, 0.4) is 0 Å². The van der Waals surface area contributed by atoms with Crippen molar-refractivity contribution >= 4 is 50.3 Å². The van der Waals surface area contributed by atoms with Crippen molar-refractivity contribution in [1.29, 1.82) is 0 Å². The van der Waals surface area contributed by atoms with Crippen molar-refractivity contribution in [3.8, 4) is 0 Å². The molecule has 6 nitrogen and oxygen atoms in total. The zero-order valence-corrected chi connectivity index (χ0v) is 20.6. The van der Waals surface area contributed by atoms with Gasteiger partial charge in [0.2, 0.25) is 5.91 Å². The van der Waals surface area contributed by atoms with Crippen LogP contribution in [0.1, 0.15) is 58.5 Å². The molecule has 8 heteroatoms. The van der Waals surface area contributed by atoms with Gasteiger partial charge in [-0.1, -0.05) is 19.9 Å². The maximum atomic E-state index is 12.8. The Hall–Kier alpha value is -2.58. The third-order valence-corrected chi connectivity index (χ3v) is 7.53. The van der Waals surface area contributed by atoms with Crippen molar-refractivity contribution in [2.75, 3.05) is 27.2 Å². The van der Waals surface area contributed by atoms with Crippen molar-refractivity contribution in [1.82, 2.24) is 19.8 Å². The first-order chi connectivity index (χ1) is 15.3. The summed E-state index contributed by atoms with van der Waals surface area (Å²) in [5, 5.41) is 3.88. The Kier molecular flexibility index (Phi) is 6.71. The first-order valence-electron chi connectivity index (χ1n) is 10.8. The zero-order valence-electron chi connectivity index (χ0n) is 18.9. The molecule has 4 rings (SSSR count). The number of rotatable bonds is 6. The van der Waals surface area contributed by atoms with Gasteiger partial charge in [-0.2, -0.15) is 0 Å². The second-order valence-electron chi connectivity index (χ2n) is 8.54. The largest absolute Gasteiger partial charge is 0.345 e. The molecule has 3 heterocycles. The van der Waals surface area contributed by atoms with E-state index in [1.165, 1.54) is 0 Å². The van der Waals surface area contributed by atoms with E-state index >= 15 is 0 Å². The molecule has 0 saturated heterocycles. The third-order valence-electron chi connectivity index (χ3n) is 5.61. The standard InChI is InChI=1S/C24H28N4O2S2/c1-15(2)18-12-17(24(30)27(3)4)13-19-22(18)26-23(32-19)16-6-5-10-28(14-16)21(29)8-7-20-25-9-11-31-20/h6,9,11-13,15H,5,7-8,10,14H2,1-4H3. The molecule has 1 aliphatic rings. The maximum Gasteiger partial charge on any atom is 0.253 e. The van der Waals surface area contributed by atoms with Gasteiger partial charge in [0, 0.05) is 62.7 Å². The summed E-state index contributed by atoms with van der Waals surface area (Å²) in [5.74, 6) is 0.415. The Balaban J connectivity index is 1.57. The number of carbonyl (C=O) groups is 2. The summed E-state index contributed by atoms with van der Waals surface area (Å²) in [6.07, 6.45) is 5.98. The number of aryl methyl sites for hydroxylation is 1. The first-order valence-corrected chi connectivity index (χ1v) is 12.5. The van der Waals surface area contributed by atoms with Gasteiger partial charge < -0.3 is 9.80 Å². The summed E-state index contributed by atoms with van der Waals surface area (Å²) in [6, 6.07) is 3.92. The maximum absolute atomic E-state index is 12.8. The molecule has 2 aromatic heterocycles. The lowest BCUT2D eigenvalue weighted by molar-refractivity contribution is -0.130. The molecule has 1 aromatic carbocycles. The molecule has 0 N–H and O–H groups in total. The Morgan fingerprint density at radius 1 is 1.25 bits per heavy atom. The number of amides is 2. The molecule has 3 aromatic rings. The van der Waals surface area contributed by atoms with Gasteiger partial charge in [0.05, 0.1) is 15.2 Å². The average Bonchev–Trinajstić information content (AvgIpc) is 3.45. The van der Waals surface area contributed by atoms with Crippen LogP contribution in [0.4, 0.5) is 0 Å². The second kappa shape index (κ2) is 9.50. The number of fused-ring (bicyclic) bond motifs is 1. The third kappa shape index (κ3) is 4.76. The topological polar surface area (TPSA) is 66.4 Å². The number of aromatic nitrogens is 2. The molecule has 0 fully saturated rings. The molecule has 32 heavy (non-hydrogen) atoms. The van der Waals surface area contributed by atoms with E-state index in [4.69, 9.17) is 4.98 Å². The predicted octanol–water partition coefficient (Wildman–Crippen LogP) is 4.83. The summed E-state index contributed by atoms with van der Waals surface area (Å²) < 4.78 is 1.02. The fraction of sp³-hybridized carbons (Fsp3) is 0.417. The van der Waals surface area contributed by atoms with Crippen molar-refractivity contribution in [2.24, 2.45) is 0 Å². The number of hydrogen-bond acceptors (Lipinski definition) is 6. The highest BCUT2D eigenvalue weighted by Gasteiger charge is 2.23. The monoisotopic (exact) mass is 468 g/mol. The SMILES string of the molecule is CC(C)c1cc(C(=O)N(C)C)cc2sc(C3=CCCN(C(=O)CCc4nccs4)C3)nc12. The minimum atomic E-state index is -0.00219. The van der Waals surface area contributed by atoms with Crippen molar-refractivity contribution in [3.63, 3.8) is 0 Å². The zero-order chi connectivity index (χ0) is 22.8. The summed E-state index contributed by atoms with van der Waals surface area (Å²) in [4.78, 5) is 38.1. The van der Waals surface area contributed by atoms with Gasteiger partial charge in [0.1, 0.15) is 5.01 Å². The lowest BCUT2D eigenvalue weighted by atomic mass is 9.99. The van der Waals surface area contributed by atoms with Crippen LogP contribution in [0.15, 0.2) is 29.8 Å². The average molecular weight is 469 g/mol. The second-order valence-corrected chi connectivity index (χ2v) is 10.6. The van der Waals surface area contributed by atoms with Gasteiger partial charge in [-0.15, -0.1) is 22.7 Å². The van der Waals surface area contributed by atoms with E-state index in [2.05, 4.69) is 24.9 Å². The van der Waals surface area contributed by atoms with Crippen LogP contribution < -0.4 is 0 Å². The quantitative estimate of drug-likeness (QED) is 0.520. The van der Waals surface area contributed by atoms with E-state index < -0.39 is 0 Å². The molecular formula is C24H28N4O2S2. The van der Waals surface area contributed by atoms with Gasteiger partial charge >= 0.3 is 0 Å². The minimum absolute atomic E-state index is 0.00219. The molecule has 0 saturated carbocycles.